The van der Waals surface area contributed by atoms with Crippen molar-refractivity contribution in [2.45, 2.75) is 32.0 Å². The van der Waals surface area contributed by atoms with Gasteiger partial charge >= 0.3 is 0 Å². The van der Waals surface area contributed by atoms with E-state index in [-0.39, 0.29) is 12.2 Å². The maximum atomic E-state index is 8.64. The Morgan fingerprint density at radius 3 is 2.50 bits per heavy atom. The first kappa shape index (κ1) is 6.05. The lowest BCUT2D eigenvalue weighted by Gasteiger charge is -1.95. The molecule has 2 atom stereocenters. The van der Waals surface area contributed by atoms with Gasteiger partial charge in [-0.15, -0.1) is 0 Å². The van der Waals surface area contributed by atoms with Crippen LogP contribution in [0.3, 0.4) is 0 Å². The molecule has 0 aliphatic carbocycles. The molecule has 2 heteroatoms. The van der Waals surface area contributed by atoms with Crippen LogP contribution >= 0.6 is 0 Å². The van der Waals surface area contributed by atoms with Gasteiger partial charge in [-0.1, -0.05) is 6.92 Å². The number of ether oxygens (including phenoxy) is 1. The van der Waals surface area contributed by atoms with Crippen molar-refractivity contribution in [3.63, 3.8) is 0 Å². The number of aliphatic hydroxyl groups excluding tert-OH is 1. The predicted molar refractivity (Wildman–Crippen MR) is 30.7 cm³/mol. The standard InChI is InChI=1S/C6H12O2/c1-3-5-6(2,4-7)8-5/h5,7H,3-4H2,1-2H3/t5-,6-/m1/s1. The molecule has 0 spiro atoms. The molecule has 1 N–H and O–H groups in total. The summed E-state index contributed by atoms with van der Waals surface area (Å²) in [6.07, 6.45) is 1.32. The van der Waals surface area contributed by atoms with Crippen molar-refractivity contribution in [3.8, 4) is 0 Å². The van der Waals surface area contributed by atoms with Crippen LogP contribution in [0.5, 0.6) is 0 Å². The SMILES string of the molecule is CC[C@H]1O[C@]1(C)CO. The van der Waals surface area contributed by atoms with Crippen LogP contribution in [-0.4, -0.2) is 23.4 Å². The van der Waals surface area contributed by atoms with Gasteiger partial charge in [0.25, 0.3) is 0 Å². The van der Waals surface area contributed by atoms with Crippen molar-refractivity contribution < 1.29 is 9.84 Å². The second-order valence-corrected chi connectivity index (χ2v) is 2.49. The molecule has 0 unspecified atom stereocenters. The van der Waals surface area contributed by atoms with E-state index in [4.69, 9.17) is 9.84 Å². The molecule has 2 nitrogen and oxygen atoms in total. The van der Waals surface area contributed by atoms with Gasteiger partial charge in [0.05, 0.1) is 12.7 Å². The molecule has 48 valence electrons. The largest absolute Gasteiger partial charge is 0.393 e. The molecular formula is C6H12O2. The van der Waals surface area contributed by atoms with E-state index >= 15 is 0 Å². The number of hydrogen-bond acceptors (Lipinski definition) is 2. The number of hydrogen-bond donors (Lipinski definition) is 1. The summed E-state index contributed by atoms with van der Waals surface area (Å²) in [6, 6.07) is 0. The Labute approximate surface area is 49.5 Å². The van der Waals surface area contributed by atoms with Crippen LogP contribution in [0.4, 0.5) is 0 Å². The molecule has 1 fully saturated rings. The normalized spacial score (nSPS) is 44.6. The van der Waals surface area contributed by atoms with E-state index in [0.717, 1.165) is 6.42 Å². The Kier molecular flexibility index (Phi) is 1.29. The van der Waals surface area contributed by atoms with E-state index in [0.29, 0.717) is 6.10 Å². The van der Waals surface area contributed by atoms with Crippen molar-refractivity contribution in [2.75, 3.05) is 6.61 Å². The molecule has 1 rings (SSSR count). The quantitative estimate of drug-likeness (QED) is 0.534. The van der Waals surface area contributed by atoms with Gasteiger partial charge in [-0.3, -0.25) is 0 Å². The first-order valence-corrected chi connectivity index (χ1v) is 3.01. The van der Waals surface area contributed by atoms with Crippen LogP contribution in [0.1, 0.15) is 20.3 Å². The Morgan fingerprint density at radius 2 is 2.38 bits per heavy atom. The summed E-state index contributed by atoms with van der Waals surface area (Å²) in [5.74, 6) is 0. The molecule has 1 aliphatic heterocycles. The van der Waals surface area contributed by atoms with E-state index in [1.165, 1.54) is 0 Å². The van der Waals surface area contributed by atoms with Crippen molar-refractivity contribution >= 4 is 0 Å². The van der Waals surface area contributed by atoms with Gasteiger partial charge in [-0.2, -0.15) is 0 Å². The molecule has 8 heavy (non-hydrogen) atoms. The summed E-state index contributed by atoms with van der Waals surface area (Å²) in [4.78, 5) is 0. The number of rotatable bonds is 2. The van der Waals surface area contributed by atoms with Gasteiger partial charge in [0, 0.05) is 0 Å². The summed E-state index contributed by atoms with van der Waals surface area (Å²) in [6.45, 7) is 4.15. The Bertz CT molecular complexity index is 92.5. The summed E-state index contributed by atoms with van der Waals surface area (Å²) in [7, 11) is 0. The van der Waals surface area contributed by atoms with Gasteiger partial charge < -0.3 is 9.84 Å². The van der Waals surface area contributed by atoms with E-state index < -0.39 is 0 Å². The maximum absolute atomic E-state index is 8.64. The van der Waals surface area contributed by atoms with Crippen LogP contribution in [0.2, 0.25) is 0 Å². The van der Waals surface area contributed by atoms with E-state index in [1.807, 2.05) is 6.92 Å². The van der Waals surface area contributed by atoms with Gasteiger partial charge in [0.2, 0.25) is 0 Å². The summed E-state index contributed by atoms with van der Waals surface area (Å²) >= 11 is 0. The topological polar surface area (TPSA) is 32.8 Å². The molecule has 0 radical (unpaired) electrons. The fourth-order valence-electron chi connectivity index (χ4n) is 0.945. The maximum Gasteiger partial charge on any atom is 0.115 e. The zero-order valence-electron chi connectivity index (χ0n) is 5.35. The number of epoxide rings is 1. The fraction of sp³-hybridized carbons (Fsp3) is 1.00. The third kappa shape index (κ3) is 0.740. The Morgan fingerprint density at radius 1 is 1.75 bits per heavy atom. The van der Waals surface area contributed by atoms with E-state index in [1.54, 1.807) is 0 Å². The monoisotopic (exact) mass is 116 g/mol. The highest BCUT2D eigenvalue weighted by Gasteiger charge is 2.50. The molecule has 0 saturated carbocycles. The third-order valence-electron chi connectivity index (χ3n) is 1.72. The summed E-state index contributed by atoms with van der Waals surface area (Å²) in [5.41, 5.74) is -0.186. The molecule has 0 aromatic carbocycles. The van der Waals surface area contributed by atoms with Crippen LogP contribution in [0, 0.1) is 0 Å². The van der Waals surface area contributed by atoms with E-state index in [9.17, 15) is 0 Å². The Balaban J connectivity index is 2.31. The lowest BCUT2D eigenvalue weighted by molar-refractivity contribution is 0.184. The molecule has 0 amide bonds. The smallest absolute Gasteiger partial charge is 0.115 e. The molecular weight excluding hydrogens is 104 g/mol. The molecule has 0 bridgehead atoms. The predicted octanol–water partition coefficient (Wildman–Crippen LogP) is 0.546. The molecule has 1 aliphatic rings. The number of aliphatic hydroxyl groups is 1. The van der Waals surface area contributed by atoms with Crippen LogP contribution in [0.15, 0.2) is 0 Å². The summed E-state index contributed by atoms with van der Waals surface area (Å²) in [5, 5.41) is 8.64. The minimum atomic E-state index is -0.186. The highest BCUT2D eigenvalue weighted by Crippen LogP contribution is 2.37. The zero-order chi connectivity index (χ0) is 6.20. The second-order valence-electron chi connectivity index (χ2n) is 2.49. The van der Waals surface area contributed by atoms with Crippen molar-refractivity contribution in [1.29, 1.82) is 0 Å². The van der Waals surface area contributed by atoms with Crippen molar-refractivity contribution in [2.24, 2.45) is 0 Å². The average Bonchev–Trinajstić information content (AvgIpc) is 2.44. The van der Waals surface area contributed by atoms with Crippen LogP contribution in [-0.2, 0) is 4.74 Å². The minimum absolute atomic E-state index is 0.158. The zero-order valence-corrected chi connectivity index (χ0v) is 5.35. The minimum Gasteiger partial charge on any atom is -0.393 e. The third-order valence-corrected chi connectivity index (χ3v) is 1.72. The molecule has 0 aromatic heterocycles. The van der Waals surface area contributed by atoms with Gasteiger partial charge in [0.1, 0.15) is 5.60 Å². The van der Waals surface area contributed by atoms with Gasteiger partial charge in [-0.05, 0) is 13.3 Å². The lowest BCUT2D eigenvalue weighted by Crippen LogP contribution is -2.14. The van der Waals surface area contributed by atoms with Crippen molar-refractivity contribution in [3.05, 3.63) is 0 Å². The average molecular weight is 116 g/mol. The highest BCUT2D eigenvalue weighted by molar-refractivity contribution is 4.97. The van der Waals surface area contributed by atoms with Crippen molar-refractivity contribution in [1.82, 2.24) is 0 Å². The van der Waals surface area contributed by atoms with Crippen LogP contribution < -0.4 is 0 Å². The molecule has 1 saturated heterocycles. The van der Waals surface area contributed by atoms with Crippen LogP contribution in [0.25, 0.3) is 0 Å². The van der Waals surface area contributed by atoms with Gasteiger partial charge in [-0.25, -0.2) is 0 Å². The fourth-order valence-corrected chi connectivity index (χ4v) is 0.945. The first-order valence-electron chi connectivity index (χ1n) is 3.01. The first-order chi connectivity index (χ1) is 3.73. The summed E-state index contributed by atoms with van der Waals surface area (Å²) < 4.78 is 5.15. The van der Waals surface area contributed by atoms with E-state index in [2.05, 4.69) is 6.92 Å². The molecule has 0 aromatic rings. The molecule has 1 heterocycles. The Hall–Kier alpha value is -0.0800. The highest BCUT2D eigenvalue weighted by atomic mass is 16.6. The lowest BCUT2D eigenvalue weighted by atomic mass is 10.1. The second kappa shape index (κ2) is 1.71. The van der Waals surface area contributed by atoms with Gasteiger partial charge in [0.15, 0.2) is 0 Å².